The fraction of sp³-hybridized carbons (Fsp3) is 0.556. The van der Waals surface area contributed by atoms with Gasteiger partial charge in [0.1, 0.15) is 0 Å². The van der Waals surface area contributed by atoms with Gasteiger partial charge in [0.15, 0.2) is 18.1 Å². The number of hydrogen-bond donors (Lipinski definition) is 2. The second-order valence-corrected chi connectivity index (χ2v) is 7.37. The van der Waals surface area contributed by atoms with Crippen molar-refractivity contribution in [2.75, 3.05) is 39.9 Å². The Bertz CT molecular complexity index is 698. The molecule has 9 heteroatoms. The summed E-state index contributed by atoms with van der Waals surface area (Å²) in [4.78, 5) is 25.7. The third-order valence-electron chi connectivity index (χ3n) is 5.28. The molecule has 2 saturated heterocycles. The molecule has 0 saturated carbocycles. The van der Waals surface area contributed by atoms with Crippen molar-refractivity contribution >= 4 is 35.8 Å². The number of amides is 2. The molecule has 1 spiro atoms. The molecule has 3 N–H and O–H groups in total. The summed E-state index contributed by atoms with van der Waals surface area (Å²) in [5.74, 6) is -0.186. The van der Waals surface area contributed by atoms with Crippen LogP contribution < -0.4 is 20.5 Å². The standard InChI is InChI=1S/C18H24ClN3O4.ClH/c1-25-14-9-12(8-13(19)16(14)26-10-15(20)23)17(24)22-6-3-18(4-7-22)2-5-21-11-18;/h8-9,21H,2-7,10-11H2,1H3,(H2,20,23);1H. The SMILES string of the molecule is COc1cc(C(=O)N2CCC3(CCNC3)CC2)cc(Cl)c1OCC(N)=O.Cl. The van der Waals surface area contributed by atoms with Crippen molar-refractivity contribution in [3.8, 4) is 11.5 Å². The van der Waals surface area contributed by atoms with Gasteiger partial charge in [-0.1, -0.05) is 11.6 Å². The first kappa shape index (κ1) is 21.6. The van der Waals surface area contributed by atoms with E-state index in [0.717, 1.165) is 39.0 Å². The summed E-state index contributed by atoms with van der Waals surface area (Å²) in [6.07, 6.45) is 3.20. The lowest BCUT2D eigenvalue weighted by Crippen LogP contribution is -2.44. The first-order chi connectivity index (χ1) is 12.4. The van der Waals surface area contributed by atoms with Crippen LogP contribution in [0.3, 0.4) is 0 Å². The summed E-state index contributed by atoms with van der Waals surface area (Å²) in [5, 5.41) is 3.63. The van der Waals surface area contributed by atoms with Crippen molar-refractivity contribution < 1.29 is 19.1 Å². The highest BCUT2D eigenvalue weighted by molar-refractivity contribution is 6.32. The number of methoxy groups -OCH3 is 1. The predicted octanol–water partition coefficient (Wildman–Crippen LogP) is 1.85. The second-order valence-electron chi connectivity index (χ2n) is 6.96. The van der Waals surface area contributed by atoms with E-state index in [1.54, 1.807) is 12.1 Å². The van der Waals surface area contributed by atoms with Crippen molar-refractivity contribution in [3.63, 3.8) is 0 Å². The Morgan fingerprint density at radius 3 is 2.56 bits per heavy atom. The number of piperidine rings is 1. The van der Waals surface area contributed by atoms with E-state index >= 15 is 0 Å². The number of rotatable bonds is 5. The van der Waals surface area contributed by atoms with Crippen LogP contribution in [-0.2, 0) is 4.79 Å². The number of nitrogens with two attached hydrogens (primary N) is 1. The van der Waals surface area contributed by atoms with Crippen LogP contribution in [0.15, 0.2) is 12.1 Å². The van der Waals surface area contributed by atoms with E-state index in [4.69, 9.17) is 26.8 Å². The second kappa shape index (κ2) is 8.99. The average molecular weight is 418 g/mol. The maximum atomic E-state index is 12.9. The van der Waals surface area contributed by atoms with Crippen LogP contribution in [0.25, 0.3) is 0 Å². The van der Waals surface area contributed by atoms with Gasteiger partial charge in [-0.2, -0.15) is 0 Å². The van der Waals surface area contributed by atoms with Gasteiger partial charge >= 0.3 is 0 Å². The first-order valence-electron chi connectivity index (χ1n) is 8.73. The van der Waals surface area contributed by atoms with Gasteiger partial charge in [-0.25, -0.2) is 0 Å². The Kier molecular flexibility index (Phi) is 7.19. The van der Waals surface area contributed by atoms with Gasteiger partial charge in [-0.3, -0.25) is 9.59 Å². The van der Waals surface area contributed by atoms with E-state index in [2.05, 4.69) is 5.32 Å². The summed E-state index contributed by atoms with van der Waals surface area (Å²) < 4.78 is 10.6. The monoisotopic (exact) mass is 417 g/mol. The maximum Gasteiger partial charge on any atom is 0.255 e. The molecular weight excluding hydrogens is 393 g/mol. The molecule has 27 heavy (non-hydrogen) atoms. The molecule has 0 aromatic heterocycles. The highest BCUT2D eigenvalue weighted by Crippen LogP contribution is 2.39. The Morgan fingerprint density at radius 1 is 1.30 bits per heavy atom. The van der Waals surface area contributed by atoms with Gasteiger partial charge in [0, 0.05) is 25.2 Å². The van der Waals surface area contributed by atoms with Crippen LogP contribution in [0, 0.1) is 5.41 Å². The van der Waals surface area contributed by atoms with Crippen molar-refractivity contribution in [1.82, 2.24) is 10.2 Å². The number of halogens is 2. The number of nitrogens with zero attached hydrogens (tertiary/aromatic N) is 1. The summed E-state index contributed by atoms with van der Waals surface area (Å²) >= 11 is 6.24. The number of carbonyl (C=O) groups is 2. The third kappa shape index (κ3) is 4.78. The Morgan fingerprint density at radius 2 is 2.00 bits per heavy atom. The summed E-state index contributed by atoms with van der Waals surface area (Å²) in [6, 6.07) is 3.14. The quantitative estimate of drug-likeness (QED) is 0.761. The molecule has 0 aliphatic carbocycles. The van der Waals surface area contributed by atoms with Gasteiger partial charge in [-0.15, -0.1) is 12.4 Å². The molecule has 1 aromatic rings. The minimum Gasteiger partial charge on any atom is -0.493 e. The van der Waals surface area contributed by atoms with E-state index in [1.165, 1.54) is 13.5 Å². The number of carbonyl (C=O) groups excluding carboxylic acids is 2. The smallest absolute Gasteiger partial charge is 0.255 e. The molecule has 1 aromatic carbocycles. The molecule has 2 amide bonds. The maximum absolute atomic E-state index is 12.9. The Hall–Kier alpha value is -1.70. The van der Waals surface area contributed by atoms with Gasteiger partial charge in [0.25, 0.3) is 11.8 Å². The van der Waals surface area contributed by atoms with Crippen molar-refractivity contribution in [1.29, 1.82) is 0 Å². The van der Waals surface area contributed by atoms with Crippen molar-refractivity contribution in [2.45, 2.75) is 19.3 Å². The largest absolute Gasteiger partial charge is 0.493 e. The molecule has 0 unspecified atom stereocenters. The van der Waals surface area contributed by atoms with Gasteiger partial charge in [-0.05, 0) is 43.4 Å². The van der Waals surface area contributed by atoms with Crippen LogP contribution >= 0.6 is 24.0 Å². The van der Waals surface area contributed by atoms with E-state index < -0.39 is 5.91 Å². The Balaban J connectivity index is 0.00000261. The number of primary amides is 1. The normalized spacial score (nSPS) is 18.1. The molecular formula is C18H25Cl2N3O4. The summed E-state index contributed by atoms with van der Waals surface area (Å²) in [7, 11) is 1.45. The minimum atomic E-state index is -0.619. The minimum absolute atomic E-state index is 0. The highest BCUT2D eigenvalue weighted by atomic mass is 35.5. The Labute approximate surface area is 169 Å². The molecule has 2 heterocycles. The molecule has 7 nitrogen and oxygen atoms in total. The zero-order chi connectivity index (χ0) is 18.7. The van der Waals surface area contributed by atoms with E-state index in [9.17, 15) is 9.59 Å². The van der Waals surface area contributed by atoms with Gasteiger partial charge < -0.3 is 25.4 Å². The highest BCUT2D eigenvalue weighted by Gasteiger charge is 2.38. The van der Waals surface area contributed by atoms with Gasteiger partial charge in [0.2, 0.25) is 0 Å². The lowest BCUT2D eigenvalue weighted by molar-refractivity contribution is -0.119. The molecule has 0 atom stereocenters. The van der Waals surface area contributed by atoms with Crippen molar-refractivity contribution in [2.24, 2.45) is 11.1 Å². The first-order valence-corrected chi connectivity index (χ1v) is 9.10. The molecule has 2 fully saturated rings. The average Bonchev–Trinajstić information content (AvgIpc) is 3.08. The lowest BCUT2D eigenvalue weighted by Gasteiger charge is -2.39. The summed E-state index contributed by atoms with van der Waals surface area (Å²) in [5.41, 5.74) is 5.88. The number of likely N-dealkylation sites (tertiary alicyclic amines) is 1. The van der Waals surface area contributed by atoms with E-state index in [-0.39, 0.29) is 35.7 Å². The zero-order valence-corrected chi connectivity index (χ0v) is 16.8. The van der Waals surface area contributed by atoms with Crippen LogP contribution in [-0.4, -0.2) is 56.6 Å². The molecule has 2 aliphatic heterocycles. The number of benzene rings is 1. The molecule has 0 radical (unpaired) electrons. The third-order valence-corrected chi connectivity index (χ3v) is 5.56. The predicted molar refractivity (Wildman–Crippen MR) is 105 cm³/mol. The lowest BCUT2D eigenvalue weighted by atomic mass is 9.78. The topological polar surface area (TPSA) is 93.9 Å². The van der Waals surface area contributed by atoms with Crippen LogP contribution in [0.5, 0.6) is 11.5 Å². The van der Waals surface area contributed by atoms with Gasteiger partial charge in [0.05, 0.1) is 12.1 Å². The van der Waals surface area contributed by atoms with Crippen molar-refractivity contribution in [3.05, 3.63) is 22.7 Å². The van der Waals surface area contributed by atoms with Crippen LogP contribution in [0.4, 0.5) is 0 Å². The van der Waals surface area contributed by atoms with E-state index in [0.29, 0.717) is 16.7 Å². The van der Waals surface area contributed by atoms with Crippen LogP contribution in [0.2, 0.25) is 5.02 Å². The fourth-order valence-electron chi connectivity index (χ4n) is 3.72. The zero-order valence-electron chi connectivity index (χ0n) is 15.3. The molecule has 2 aliphatic rings. The number of ether oxygens (including phenoxy) is 2. The molecule has 0 bridgehead atoms. The van der Waals surface area contributed by atoms with Crippen LogP contribution in [0.1, 0.15) is 29.6 Å². The summed E-state index contributed by atoms with van der Waals surface area (Å²) in [6.45, 7) is 3.26. The number of nitrogens with one attached hydrogen (secondary N) is 1. The molecule has 3 rings (SSSR count). The molecule has 150 valence electrons. The van der Waals surface area contributed by atoms with E-state index in [1.807, 2.05) is 4.90 Å². The fourth-order valence-corrected chi connectivity index (χ4v) is 3.98. The number of hydrogen-bond acceptors (Lipinski definition) is 5.